The molecule has 0 radical (unpaired) electrons. The Morgan fingerprint density at radius 3 is 2.33 bits per heavy atom. The average molecular weight is 162 g/mol. The highest BCUT2D eigenvalue weighted by Gasteiger charge is 2.23. The van der Waals surface area contributed by atoms with Crippen molar-refractivity contribution in [2.24, 2.45) is 0 Å². The van der Waals surface area contributed by atoms with Crippen molar-refractivity contribution in [2.45, 2.75) is 5.60 Å². The molecule has 0 aliphatic rings. The maximum Gasteiger partial charge on any atom is 0.163 e. The van der Waals surface area contributed by atoms with Crippen molar-refractivity contribution in [1.29, 1.82) is 0 Å². The zero-order valence-electron chi connectivity index (χ0n) is 6.60. The predicted octanol–water partition coefficient (Wildman–Crippen LogP) is 1.26. The van der Waals surface area contributed by atoms with Gasteiger partial charge in [-0.1, -0.05) is 36.9 Å². The Hall–Kier alpha value is -1.41. The largest absolute Gasteiger partial charge is 0.374 e. The summed E-state index contributed by atoms with van der Waals surface area (Å²) in [5.74, 6) is 0. The highest BCUT2D eigenvalue weighted by atomic mass is 16.3. The molecule has 0 heterocycles. The number of aldehydes is 1. The maximum atomic E-state index is 10.5. The molecule has 0 saturated heterocycles. The molecule has 0 aliphatic heterocycles. The normalized spacial score (nSPS) is 14.8. The third kappa shape index (κ3) is 1.43. The lowest BCUT2D eigenvalue weighted by molar-refractivity contribution is -0.120. The minimum atomic E-state index is -1.54. The highest BCUT2D eigenvalue weighted by Crippen LogP contribution is 2.18. The van der Waals surface area contributed by atoms with Gasteiger partial charge in [-0.25, -0.2) is 0 Å². The fourth-order valence-corrected chi connectivity index (χ4v) is 0.939. The van der Waals surface area contributed by atoms with E-state index < -0.39 is 5.60 Å². The molecule has 0 bridgehead atoms. The third-order valence-electron chi connectivity index (χ3n) is 1.73. The molecule has 0 unspecified atom stereocenters. The van der Waals surface area contributed by atoms with E-state index in [9.17, 15) is 9.90 Å². The van der Waals surface area contributed by atoms with Gasteiger partial charge < -0.3 is 5.11 Å². The van der Waals surface area contributed by atoms with Crippen LogP contribution in [-0.2, 0) is 10.4 Å². The Morgan fingerprint density at radius 1 is 1.33 bits per heavy atom. The molecule has 1 rings (SSSR count). The Bertz CT molecular complexity index is 269. The van der Waals surface area contributed by atoms with Gasteiger partial charge in [0.15, 0.2) is 11.9 Å². The van der Waals surface area contributed by atoms with Crippen molar-refractivity contribution in [3.05, 3.63) is 48.6 Å². The van der Waals surface area contributed by atoms with Crippen molar-refractivity contribution in [1.82, 2.24) is 0 Å². The van der Waals surface area contributed by atoms with Crippen LogP contribution in [0, 0.1) is 0 Å². The molecule has 0 aliphatic carbocycles. The fourth-order valence-electron chi connectivity index (χ4n) is 0.939. The third-order valence-corrected chi connectivity index (χ3v) is 1.73. The molecule has 1 atom stereocenters. The molecule has 1 aromatic rings. The first kappa shape index (κ1) is 8.68. The maximum absolute atomic E-state index is 10.5. The van der Waals surface area contributed by atoms with Crippen LogP contribution in [0.25, 0.3) is 0 Å². The van der Waals surface area contributed by atoms with E-state index >= 15 is 0 Å². The van der Waals surface area contributed by atoms with Gasteiger partial charge in [0.05, 0.1) is 0 Å². The molecule has 0 saturated carbocycles. The summed E-state index contributed by atoms with van der Waals surface area (Å²) in [4.78, 5) is 10.5. The fraction of sp³-hybridized carbons (Fsp3) is 0.100. The molecule has 12 heavy (non-hydrogen) atoms. The minimum Gasteiger partial charge on any atom is -0.374 e. The van der Waals surface area contributed by atoms with Crippen LogP contribution in [-0.4, -0.2) is 11.4 Å². The number of rotatable bonds is 3. The van der Waals surface area contributed by atoms with Gasteiger partial charge in [0, 0.05) is 0 Å². The zero-order valence-corrected chi connectivity index (χ0v) is 6.60. The summed E-state index contributed by atoms with van der Waals surface area (Å²) in [5, 5.41) is 9.61. The summed E-state index contributed by atoms with van der Waals surface area (Å²) < 4.78 is 0. The molecule has 2 nitrogen and oxygen atoms in total. The predicted molar refractivity (Wildman–Crippen MR) is 46.6 cm³/mol. The number of hydrogen-bond acceptors (Lipinski definition) is 2. The summed E-state index contributed by atoms with van der Waals surface area (Å²) in [6.07, 6.45) is 1.69. The van der Waals surface area contributed by atoms with Crippen molar-refractivity contribution in [2.75, 3.05) is 0 Å². The van der Waals surface area contributed by atoms with E-state index in [0.717, 1.165) is 0 Å². The van der Waals surface area contributed by atoms with Crippen LogP contribution in [0.3, 0.4) is 0 Å². The van der Waals surface area contributed by atoms with Crippen molar-refractivity contribution in [3.63, 3.8) is 0 Å². The average Bonchev–Trinajstić information content (AvgIpc) is 2.18. The van der Waals surface area contributed by atoms with Gasteiger partial charge >= 0.3 is 0 Å². The topological polar surface area (TPSA) is 37.3 Å². The van der Waals surface area contributed by atoms with Gasteiger partial charge in [-0.05, 0) is 11.6 Å². The number of benzene rings is 1. The van der Waals surface area contributed by atoms with E-state index in [-0.39, 0.29) is 0 Å². The number of carbonyl (C=O) groups is 1. The first-order valence-corrected chi connectivity index (χ1v) is 3.61. The van der Waals surface area contributed by atoms with Crippen molar-refractivity contribution in [3.8, 4) is 0 Å². The second kappa shape index (κ2) is 3.32. The quantitative estimate of drug-likeness (QED) is 0.536. The molecule has 2 heteroatoms. The first-order chi connectivity index (χ1) is 5.73. The summed E-state index contributed by atoms with van der Waals surface area (Å²) in [6, 6.07) is 8.69. The molecule has 0 fully saturated rings. The van der Waals surface area contributed by atoms with E-state index in [0.29, 0.717) is 11.8 Å². The van der Waals surface area contributed by atoms with E-state index in [1.54, 1.807) is 24.3 Å². The van der Waals surface area contributed by atoms with Crippen LogP contribution in [0.4, 0.5) is 0 Å². The molecule has 1 N–H and O–H groups in total. The standard InChI is InChI=1S/C10H10O2/c1-2-10(12,8-11)9-6-4-3-5-7-9/h2-8,12H,1H2/t10-/m0/s1. The molecule has 1 aromatic carbocycles. The summed E-state index contributed by atoms with van der Waals surface area (Å²) in [6.45, 7) is 3.40. The van der Waals surface area contributed by atoms with Gasteiger partial charge in [0.1, 0.15) is 0 Å². The minimum absolute atomic E-state index is 0.468. The van der Waals surface area contributed by atoms with Crippen LogP contribution < -0.4 is 0 Å². The molecule has 0 aromatic heterocycles. The van der Waals surface area contributed by atoms with E-state index in [1.165, 1.54) is 6.08 Å². The molecule has 0 amide bonds. The van der Waals surface area contributed by atoms with Gasteiger partial charge in [-0.15, -0.1) is 0 Å². The Kier molecular flexibility index (Phi) is 2.41. The van der Waals surface area contributed by atoms with Gasteiger partial charge in [0.2, 0.25) is 0 Å². The van der Waals surface area contributed by atoms with E-state index in [1.807, 2.05) is 6.07 Å². The summed E-state index contributed by atoms with van der Waals surface area (Å²) in [5.41, 5.74) is -1.00. The first-order valence-electron chi connectivity index (χ1n) is 3.61. The zero-order chi connectivity index (χ0) is 9.03. The highest BCUT2D eigenvalue weighted by molar-refractivity contribution is 5.68. The molecule has 0 spiro atoms. The summed E-state index contributed by atoms with van der Waals surface area (Å²) >= 11 is 0. The molecule has 62 valence electrons. The summed E-state index contributed by atoms with van der Waals surface area (Å²) in [7, 11) is 0. The second-order valence-corrected chi connectivity index (χ2v) is 2.51. The number of hydrogen-bond donors (Lipinski definition) is 1. The molecular formula is C10H10O2. The van der Waals surface area contributed by atoms with Gasteiger partial charge in [-0.2, -0.15) is 0 Å². The SMILES string of the molecule is C=C[C@](O)(C=O)c1ccccc1. The number of carbonyl (C=O) groups excluding carboxylic acids is 1. The van der Waals surface area contributed by atoms with E-state index in [2.05, 4.69) is 6.58 Å². The Balaban J connectivity index is 3.11. The van der Waals surface area contributed by atoms with Gasteiger partial charge in [-0.3, -0.25) is 4.79 Å². The van der Waals surface area contributed by atoms with Crippen LogP contribution >= 0.6 is 0 Å². The van der Waals surface area contributed by atoms with Crippen molar-refractivity contribution < 1.29 is 9.90 Å². The smallest absolute Gasteiger partial charge is 0.163 e. The lowest BCUT2D eigenvalue weighted by atomic mass is 9.96. The van der Waals surface area contributed by atoms with Crippen LogP contribution in [0.15, 0.2) is 43.0 Å². The number of aliphatic hydroxyl groups is 1. The van der Waals surface area contributed by atoms with Crippen LogP contribution in [0.1, 0.15) is 5.56 Å². The van der Waals surface area contributed by atoms with Crippen molar-refractivity contribution >= 4 is 6.29 Å². The second-order valence-electron chi connectivity index (χ2n) is 2.51. The monoisotopic (exact) mass is 162 g/mol. The Morgan fingerprint density at radius 2 is 1.92 bits per heavy atom. The Labute approximate surface area is 71.2 Å². The lowest BCUT2D eigenvalue weighted by Gasteiger charge is -2.16. The van der Waals surface area contributed by atoms with Gasteiger partial charge in [0.25, 0.3) is 0 Å². The van der Waals surface area contributed by atoms with Crippen LogP contribution in [0.5, 0.6) is 0 Å². The van der Waals surface area contributed by atoms with E-state index in [4.69, 9.17) is 0 Å². The van der Waals surface area contributed by atoms with Crippen LogP contribution in [0.2, 0.25) is 0 Å². The molecular weight excluding hydrogens is 152 g/mol. The lowest BCUT2D eigenvalue weighted by Crippen LogP contribution is -2.23.